The Labute approximate surface area is 98.0 Å². The van der Waals surface area contributed by atoms with E-state index in [2.05, 4.69) is 15.5 Å². The fourth-order valence-corrected chi connectivity index (χ4v) is 1.64. The topological polar surface area (TPSA) is 71.3 Å². The number of nitrogens with zero attached hydrogens (tertiary/aromatic N) is 3. The molecule has 1 aromatic rings. The number of alkyl halides is 1. The number of halogens is 1. The standard InChI is InChI=1S/C9H13ClN4O2/c1-5(10)8-12-13-9(16-8)14-4-3-11-7(15)6(14)2/h5-6H,3-4H2,1-2H3,(H,11,15). The molecule has 0 saturated carbocycles. The quantitative estimate of drug-likeness (QED) is 0.776. The minimum absolute atomic E-state index is 0.0371. The Morgan fingerprint density at radius 2 is 2.38 bits per heavy atom. The van der Waals surface area contributed by atoms with Crippen LogP contribution in [-0.2, 0) is 4.79 Å². The summed E-state index contributed by atoms with van der Waals surface area (Å²) in [6.45, 7) is 4.79. The summed E-state index contributed by atoms with van der Waals surface area (Å²) in [4.78, 5) is 13.2. The molecule has 7 heteroatoms. The molecule has 1 aliphatic rings. The predicted molar refractivity (Wildman–Crippen MR) is 58.4 cm³/mol. The van der Waals surface area contributed by atoms with Crippen LogP contribution < -0.4 is 10.2 Å². The second-order valence-electron chi connectivity index (χ2n) is 3.70. The Balaban J connectivity index is 2.19. The minimum atomic E-state index is -0.324. The van der Waals surface area contributed by atoms with Crippen LogP contribution in [0.25, 0.3) is 0 Å². The average molecular weight is 245 g/mol. The second-order valence-corrected chi connectivity index (χ2v) is 4.35. The third-order valence-electron chi connectivity index (χ3n) is 2.51. The summed E-state index contributed by atoms with van der Waals surface area (Å²) in [5, 5.41) is 10.2. The van der Waals surface area contributed by atoms with E-state index in [9.17, 15) is 4.79 Å². The number of anilines is 1. The molecule has 1 N–H and O–H groups in total. The lowest BCUT2D eigenvalue weighted by molar-refractivity contribution is -0.123. The van der Waals surface area contributed by atoms with Gasteiger partial charge in [0.05, 0.1) is 0 Å². The number of carbonyl (C=O) groups excluding carboxylic acids is 1. The van der Waals surface area contributed by atoms with Gasteiger partial charge in [0.2, 0.25) is 11.8 Å². The third kappa shape index (κ3) is 1.97. The molecule has 1 aliphatic heterocycles. The van der Waals surface area contributed by atoms with E-state index < -0.39 is 0 Å². The smallest absolute Gasteiger partial charge is 0.318 e. The summed E-state index contributed by atoms with van der Waals surface area (Å²) < 4.78 is 5.40. The van der Waals surface area contributed by atoms with E-state index in [1.54, 1.807) is 18.7 Å². The van der Waals surface area contributed by atoms with Crippen LogP contribution in [0, 0.1) is 0 Å². The number of nitrogens with one attached hydrogen (secondary N) is 1. The molecule has 2 unspecified atom stereocenters. The first-order valence-electron chi connectivity index (χ1n) is 5.11. The van der Waals surface area contributed by atoms with Gasteiger partial charge in [-0.1, -0.05) is 5.10 Å². The normalized spacial score (nSPS) is 23.1. The van der Waals surface area contributed by atoms with Crippen molar-refractivity contribution in [3.63, 3.8) is 0 Å². The van der Waals surface area contributed by atoms with Gasteiger partial charge in [-0.3, -0.25) is 4.79 Å². The first-order valence-corrected chi connectivity index (χ1v) is 5.55. The summed E-state index contributed by atoms with van der Waals surface area (Å²) in [5.41, 5.74) is 0. The van der Waals surface area contributed by atoms with Crippen molar-refractivity contribution in [2.75, 3.05) is 18.0 Å². The van der Waals surface area contributed by atoms with E-state index in [1.807, 2.05) is 0 Å². The molecule has 16 heavy (non-hydrogen) atoms. The molecule has 2 rings (SSSR count). The number of rotatable bonds is 2. The fraction of sp³-hybridized carbons (Fsp3) is 0.667. The Hall–Kier alpha value is -1.30. The van der Waals surface area contributed by atoms with Crippen LogP contribution in [0.3, 0.4) is 0 Å². The van der Waals surface area contributed by atoms with Crippen molar-refractivity contribution in [1.82, 2.24) is 15.5 Å². The minimum Gasteiger partial charge on any atom is -0.406 e. The van der Waals surface area contributed by atoms with Crippen molar-refractivity contribution in [2.45, 2.75) is 25.3 Å². The SMILES string of the molecule is CC(Cl)c1nnc(N2CCNC(=O)C2C)o1. The maximum Gasteiger partial charge on any atom is 0.318 e. The molecular weight excluding hydrogens is 232 g/mol. The van der Waals surface area contributed by atoms with Crippen LogP contribution in [-0.4, -0.2) is 35.2 Å². The zero-order chi connectivity index (χ0) is 11.7. The zero-order valence-corrected chi connectivity index (χ0v) is 9.86. The Morgan fingerprint density at radius 3 is 3.00 bits per heavy atom. The highest BCUT2D eigenvalue weighted by atomic mass is 35.5. The van der Waals surface area contributed by atoms with Crippen molar-refractivity contribution >= 4 is 23.5 Å². The van der Waals surface area contributed by atoms with Gasteiger partial charge in [-0.2, -0.15) is 0 Å². The van der Waals surface area contributed by atoms with Crippen LogP contribution in [0.1, 0.15) is 25.1 Å². The van der Waals surface area contributed by atoms with Gasteiger partial charge in [-0.05, 0) is 13.8 Å². The molecular formula is C9H13ClN4O2. The molecule has 0 aliphatic carbocycles. The average Bonchev–Trinajstić information content (AvgIpc) is 2.71. The molecule has 0 aromatic carbocycles. The van der Waals surface area contributed by atoms with Crippen LogP contribution in [0.5, 0.6) is 0 Å². The molecule has 1 fully saturated rings. The van der Waals surface area contributed by atoms with E-state index >= 15 is 0 Å². The first kappa shape index (κ1) is 11.2. The van der Waals surface area contributed by atoms with E-state index in [4.69, 9.17) is 16.0 Å². The van der Waals surface area contributed by atoms with Crippen molar-refractivity contribution in [3.8, 4) is 0 Å². The van der Waals surface area contributed by atoms with Gasteiger partial charge in [0.15, 0.2) is 0 Å². The van der Waals surface area contributed by atoms with E-state index in [1.165, 1.54) is 0 Å². The molecule has 0 bridgehead atoms. The molecule has 0 radical (unpaired) electrons. The van der Waals surface area contributed by atoms with Gasteiger partial charge in [-0.15, -0.1) is 16.7 Å². The van der Waals surface area contributed by atoms with Crippen LogP contribution in [0.15, 0.2) is 4.42 Å². The molecule has 88 valence electrons. The maximum absolute atomic E-state index is 11.4. The van der Waals surface area contributed by atoms with Gasteiger partial charge in [-0.25, -0.2) is 0 Å². The number of hydrogen-bond acceptors (Lipinski definition) is 5. The lowest BCUT2D eigenvalue weighted by Gasteiger charge is -2.30. The van der Waals surface area contributed by atoms with Gasteiger partial charge in [0, 0.05) is 13.1 Å². The summed E-state index contributed by atoms with van der Waals surface area (Å²) in [6, 6.07) is 0.0533. The number of hydrogen-bond donors (Lipinski definition) is 1. The lowest BCUT2D eigenvalue weighted by atomic mass is 10.2. The molecule has 6 nitrogen and oxygen atoms in total. The largest absolute Gasteiger partial charge is 0.406 e. The van der Waals surface area contributed by atoms with Crippen molar-refractivity contribution in [2.24, 2.45) is 0 Å². The highest BCUT2D eigenvalue weighted by molar-refractivity contribution is 6.20. The van der Waals surface area contributed by atoms with Gasteiger partial charge in [0.25, 0.3) is 0 Å². The third-order valence-corrected chi connectivity index (χ3v) is 2.70. The number of carbonyl (C=O) groups is 1. The summed E-state index contributed by atoms with van der Waals surface area (Å²) in [6.07, 6.45) is 0. The zero-order valence-electron chi connectivity index (χ0n) is 9.11. The number of amides is 1. The molecule has 2 heterocycles. The Kier molecular flexibility index (Phi) is 3.00. The predicted octanol–water partition coefficient (Wildman–Crippen LogP) is 0.694. The Morgan fingerprint density at radius 1 is 1.62 bits per heavy atom. The van der Waals surface area contributed by atoms with Crippen molar-refractivity contribution in [3.05, 3.63) is 5.89 Å². The fourth-order valence-electron chi connectivity index (χ4n) is 1.55. The highest BCUT2D eigenvalue weighted by Gasteiger charge is 2.29. The second kappa shape index (κ2) is 4.29. The van der Waals surface area contributed by atoms with E-state index in [0.29, 0.717) is 25.0 Å². The van der Waals surface area contributed by atoms with E-state index in [0.717, 1.165) is 0 Å². The molecule has 0 spiro atoms. The monoisotopic (exact) mass is 244 g/mol. The van der Waals surface area contributed by atoms with Gasteiger partial charge >= 0.3 is 6.01 Å². The highest BCUT2D eigenvalue weighted by Crippen LogP contribution is 2.23. The van der Waals surface area contributed by atoms with Crippen LogP contribution >= 0.6 is 11.6 Å². The summed E-state index contributed by atoms with van der Waals surface area (Å²) >= 11 is 5.83. The van der Waals surface area contributed by atoms with Crippen LogP contribution in [0.2, 0.25) is 0 Å². The van der Waals surface area contributed by atoms with Gasteiger partial charge < -0.3 is 14.6 Å². The first-order chi connectivity index (χ1) is 7.59. The number of piperazine rings is 1. The van der Waals surface area contributed by atoms with E-state index in [-0.39, 0.29) is 17.3 Å². The molecule has 2 atom stereocenters. The summed E-state index contributed by atoms with van der Waals surface area (Å²) in [5.74, 6) is 0.333. The van der Waals surface area contributed by atoms with Gasteiger partial charge in [0.1, 0.15) is 11.4 Å². The van der Waals surface area contributed by atoms with Crippen molar-refractivity contribution in [1.29, 1.82) is 0 Å². The van der Waals surface area contributed by atoms with Crippen molar-refractivity contribution < 1.29 is 9.21 Å². The summed E-state index contributed by atoms with van der Waals surface area (Å²) in [7, 11) is 0. The number of aromatic nitrogens is 2. The lowest BCUT2D eigenvalue weighted by Crippen LogP contribution is -2.54. The Bertz CT molecular complexity index is 393. The maximum atomic E-state index is 11.4. The van der Waals surface area contributed by atoms with Crippen LogP contribution in [0.4, 0.5) is 6.01 Å². The molecule has 1 amide bonds. The molecule has 1 saturated heterocycles. The molecule has 1 aromatic heterocycles.